The Bertz CT molecular complexity index is 1250. The number of para-hydroxylation sites is 1. The van der Waals surface area contributed by atoms with Gasteiger partial charge in [-0.1, -0.05) is 17.7 Å². The second-order valence-corrected chi connectivity index (χ2v) is 7.48. The van der Waals surface area contributed by atoms with Gasteiger partial charge in [0.1, 0.15) is 12.4 Å². The summed E-state index contributed by atoms with van der Waals surface area (Å²) < 4.78 is 46.5. The average Bonchev–Trinajstić information content (AvgIpc) is 2.78. The van der Waals surface area contributed by atoms with Crippen LogP contribution in [-0.4, -0.2) is 36.3 Å². The van der Waals surface area contributed by atoms with Crippen molar-refractivity contribution in [3.8, 4) is 11.5 Å². The van der Waals surface area contributed by atoms with Crippen molar-refractivity contribution in [2.24, 2.45) is 5.73 Å². The fourth-order valence-electron chi connectivity index (χ4n) is 3.35. The fourth-order valence-corrected chi connectivity index (χ4v) is 3.62. The Morgan fingerprint density at radius 3 is 2.56 bits per heavy atom. The molecule has 0 atom stereocenters. The van der Waals surface area contributed by atoms with Crippen LogP contribution in [0.3, 0.4) is 0 Å². The van der Waals surface area contributed by atoms with Gasteiger partial charge in [-0.3, -0.25) is 9.59 Å². The highest BCUT2D eigenvalue weighted by atomic mass is 35.5. The fraction of sp³-hybridized carbons (Fsp3) is 0.136. The molecule has 3 N–H and O–H groups in total. The van der Waals surface area contributed by atoms with E-state index >= 15 is 0 Å². The molecule has 0 aliphatic carbocycles. The Balaban J connectivity index is 1.59. The molecule has 1 aliphatic rings. The standard InChI is InChI=1S/C22H16ClF3N4O4/c23-16-10-12(19(27)31)11-28-20(16)30-8-9-33-18-15(2-1-3-17(18)30)21(32)29-13-4-6-14(7-5-13)34-22(24,25)26/h1-7,10-11H,8-9H2,(H2,27,31)(H,29,32). The molecule has 0 bridgehead atoms. The van der Waals surface area contributed by atoms with Gasteiger partial charge in [0, 0.05) is 11.9 Å². The van der Waals surface area contributed by atoms with E-state index in [-0.39, 0.29) is 34.2 Å². The SMILES string of the molecule is NC(=O)c1cnc(N2CCOc3c(C(=O)Nc4ccc(OC(F)(F)F)cc4)cccc32)c(Cl)c1. The van der Waals surface area contributed by atoms with Crippen LogP contribution in [0.25, 0.3) is 0 Å². The maximum absolute atomic E-state index is 12.9. The molecule has 0 saturated heterocycles. The number of benzene rings is 2. The number of carbonyl (C=O) groups excluding carboxylic acids is 2. The lowest BCUT2D eigenvalue weighted by Crippen LogP contribution is -2.31. The van der Waals surface area contributed by atoms with E-state index < -0.39 is 23.9 Å². The molecule has 176 valence electrons. The van der Waals surface area contributed by atoms with Crippen molar-refractivity contribution in [2.45, 2.75) is 6.36 Å². The first-order valence-corrected chi connectivity index (χ1v) is 10.2. The Kier molecular flexibility index (Phi) is 6.20. The first-order valence-electron chi connectivity index (χ1n) is 9.78. The van der Waals surface area contributed by atoms with Gasteiger partial charge in [0.2, 0.25) is 5.91 Å². The van der Waals surface area contributed by atoms with E-state index in [0.29, 0.717) is 18.1 Å². The predicted octanol–water partition coefficient (Wildman–Crippen LogP) is 4.52. The van der Waals surface area contributed by atoms with Crippen molar-refractivity contribution in [1.82, 2.24) is 4.98 Å². The van der Waals surface area contributed by atoms with Gasteiger partial charge in [-0.05, 0) is 42.5 Å². The van der Waals surface area contributed by atoms with E-state index in [0.717, 1.165) is 12.1 Å². The molecule has 0 unspecified atom stereocenters. The predicted molar refractivity (Wildman–Crippen MR) is 118 cm³/mol. The number of halogens is 4. The third kappa shape index (κ3) is 4.99. The molecule has 1 aromatic heterocycles. The normalized spacial score (nSPS) is 13.0. The van der Waals surface area contributed by atoms with Gasteiger partial charge < -0.3 is 25.4 Å². The molecule has 2 aromatic carbocycles. The highest BCUT2D eigenvalue weighted by Crippen LogP contribution is 2.41. The van der Waals surface area contributed by atoms with Gasteiger partial charge in [0.05, 0.1) is 28.4 Å². The van der Waals surface area contributed by atoms with Crippen LogP contribution in [0, 0.1) is 0 Å². The molecule has 34 heavy (non-hydrogen) atoms. The number of hydrogen-bond acceptors (Lipinski definition) is 6. The lowest BCUT2D eigenvalue weighted by molar-refractivity contribution is -0.274. The maximum Gasteiger partial charge on any atom is 0.573 e. The average molecular weight is 493 g/mol. The molecule has 1 aliphatic heterocycles. The summed E-state index contributed by atoms with van der Waals surface area (Å²) in [4.78, 5) is 30.3. The van der Waals surface area contributed by atoms with Gasteiger partial charge in [-0.15, -0.1) is 13.2 Å². The van der Waals surface area contributed by atoms with Gasteiger partial charge in [-0.25, -0.2) is 4.98 Å². The molecule has 0 radical (unpaired) electrons. The van der Waals surface area contributed by atoms with Crippen molar-refractivity contribution in [3.05, 3.63) is 70.9 Å². The number of nitrogens with zero attached hydrogens (tertiary/aromatic N) is 2. The van der Waals surface area contributed by atoms with Crippen LogP contribution in [0.1, 0.15) is 20.7 Å². The van der Waals surface area contributed by atoms with Crippen molar-refractivity contribution in [2.75, 3.05) is 23.4 Å². The maximum atomic E-state index is 12.9. The molecular weight excluding hydrogens is 477 g/mol. The Morgan fingerprint density at radius 1 is 1.18 bits per heavy atom. The lowest BCUT2D eigenvalue weighted by atomic mass is 10.1. The minimum atomic E-state index is -4.81. The van der Waals surface area contributed by atoms with Crippen LogP contribution >= 0.6 is 11.6 Å². The van der Waals surface area contributed by atoms with Crippen LogP contribution in [0.4, 0.5) is 30.4 Å². The monoisotopic (exact) mass is 492 g/mol. The summed E-state index contributed by atoms with van der Waals surface area (Å²) in [6.45, 7) is 0.595. The number of hydrogen-bond donors (Lipinski definition) is 2. The number of primary amides is 1. The summed E-state index contributed by atoms with van der Waals surface area (Å²) in [5.41, 5.74) is 6.40. The Morgan fingerprint density at radius 2 is 1.91 bits per heavy atom. The number of fused-ring (bicyclic) bond motifs is 1. The number of alkyl halides is 3. The summed E-state index contributed by atoms with van der Waals surface area (Å²) >= 11 is 6.32. The van der Waals surface area contributed by atoms with Gasteiger partial charge in [0.25, 0.3) is 5.91 Å². The van der Waals surface area contributed by atoms with Crippen molar-refractivity contribution < 1.29 is 32.2 Å². The number of rotatable bonds is 5. The second kappa shape index (κ2) is 9.10. The number of amides is 2. The molecule has 2 heterocycles. The summed E-state index contributed by atoms with van der Waals surface area (Å²) in [6, 6.07) is 11.1. The van der Waals surface area contributed by atoms with Gasteiger partial charge >= 0.3 is 6.36 Å². The summed E-state index contributed by atoms with van der Waals surface area (Å²) in [5.74, 6) is -0.978. The number of nitrogens with one attached hydrogen (secondary N) is 1. The third-order valence-electron chi connectivity index (χ3n) is 4.80. The minimum Gasteiger partial charge on any atom is -0.489 e. The Labute approximate surface area is 196 Å². The number of ether oxygens (including phenoxy) is 2. The van der Waals surface area contributed by atoms with Crippen molar-refractivity contribution in [3.63, 3.8) is 0 Å². The zero-order valence-electron chi connectivity index (χ0n) is 17.2. The molecular formula is C22H16ClF3N4O4. The van der Waals surface area contributed by atoms with E-state index in [9.17, 15) is 22.8 Å². The summed E-state index contributed by atoms with van der Waals surface area (Å²) in [6.07, 6.45) is -3.50. The van der Waals surface area contributed by atoms with Crippen LogP contribution in [0.5, 0.6) is 11.5 Å². The largest absolute Gasteiger partial charge is 0.573 e. The number of aromatic nitrogens is 1. The molecule has 8 nitrogen and oxygen atoms in total. The molecule has 12 heteroatoms. The quantitative estimate of drug-likeness (QED) is 0.542. The van der Waals surface area contributed by atoms with Crippen LogP contribution in [0.15, 0.2) is 54.7 Å². The highest BCUT2D eigenvalue weighted by Gasteiger charge is 2.31. The minimum absolute atomic E-state index is 0.155. The Hall–Kier alpha value is -3.99. The van der Waals surface area contributed by atoms with Gasteiger partial charge in [0.15, 0.2) is 11.6 Å². The number of carbonyl (C=O) groups is 2. The van der Waals surface area contributed by atoms with E-state index in [4.69, 9.17) is 22.1 Å². The molecule has 4 rings (SSSR count). The van der Waals surface area contributed by atoms with Gasteiger partial charge in [-0.2, -0.15) is 0 Å². The zero-order chi connectivity index (χ0) is 24.5. The number of anilines is 3. The topological polar surface area (TPSA) is 107 Å². The summed E-state index contributed by atoms with van der Waals surface area (Å²) in [7, 11) is 0. The number of pyridine rings is 1. The lowest BCUT2D eigenvalue weighted by Gasteiger charge is -2.32. The van der Waals surface area contributed by atoms with Crippen molar-refractivity contribution in [1.29, 1.82) is 0 Å². The van der Waals surface area contributed by atoms with Crippen LogP contribution in [-0.2, 0) is 0 Å². The van der Waals surface area contributed by atoms with E-state index in [2.05, 4.69) is 15.0 Å². The van der Waals surface area contributed by atoms with E-state index in [1.165, 1.54) is 24.4 Å². The first-order chi connectivity index (χ1) is 16.1. The second-order valence-electron chi connectivity index (χ2n) is 7.07. The third-order valence-corrected chi connectivity index (χ3v) is 5.08. The molecule has 2 amide bonds. The van der Waals surface area contributed by atoms with E-state index in [1.807, 2.05) is 0 Å². The highest BCUT2D eigenvalue weighted by molar-refractivity contribution is 6.33. The molecule has 0 fully saturated rings. The molecule has 3 aromatic rings. The van der Waals surface area contributed by atoms with Crippen LogP contribution in [0.2, 0.25) is 5.02 Å². The van der Waals surface area contributed by atoms with Crippen molar-refractivity contribution >= 4 is 40.6 Å². The molecule has 0 saturated carbocycles. The summed E-state index contributed by atoms with van der Waals surface area (Å²) in [5, 5.41) is 2.81. The number of nitrogens with two attached hydrogens (primary N) is 1. The first kappa shape index (κ1) is 23.2. The van der Waals surface area contributed by atoms with Crippen LogP contribution < -0.4 is 25.4 Å². The molecule has 0 spiro atoms. The zero-order valence-corrected chi connectivity index (χ0v) is 18.0. The van der Waals surface area contributed by atoms with E-state index in [1.54, 1.807) is 23.1 Å². The smallest absolute Gasteiger partial charge is 0.489 e.